The smallest absolute Gasteiger partial charge is 0.406 e. The molecule has 0 saturated heterocycles. The second-order valence-corrected chi connectivity index (χ2v) is 6.23. The van der Waals surface area contributed by atoms with Crippen LogP contribution in [-0.2, 0) is 9.53 Å². The van der Waals surface area contributed by atoms with Gasteiger partial charge in [-0.3, -0.25) is 4.79 Å². The highest BCUT2D eigenvalue weighted by molar-refractivity contribution is 5.91. The molecule has 142 valence electrons. The quantitative estimate of drug-likeness (QED) is 0.644. The number of nitrogens with zero attached hydrogens (tertiary/aromatic N) is 4. The van der Waals surface area contributed by atoms with Gasteiger partial charge in [-0.25, -0.2) is 15.0 Å². The lowest BCUT2D eigenvalue weighted by molar-refractivity contribution is -0.179. The summed E-state index contributed by atoms with van der Waals surface area (Å²) in [6.07, 6.45) is -1.97. The van der Waals surface area contributed by atoms with Gasteiger partial charge in [-0.05, 0) is 19.4 Å². The van der Waals surface area contributed by atoms with E-state index in [9.17, 15) is 18.0 Å². The highest BCUT2D eigenvalue weighted by Crippen LogP contribution is 2.41. The fourth-order valence-corrected chi connectivity index (χ4v) is 2.95. The van der Waals surface area contributed by atoms with E-state index in [0.717, 1.165) is 7.11 Å². The molecule has 0 fully saturated rings. The number of hydrogen-bond donors (Lipinski definition) is 0. The monoisotopic (exact) mass is 378 g/mol. The van der Waals surface area contributed by atoms with Crippen LogP contribution in [0.25, 0.3) is 22.4 Å². The van der Waals surface area contributed by atoms with Crippen LogP contribution in [0, 0.1) is 0 Å². The zero-order chi connectivity index (χ0) is 19.8. The summed E-state index contributed by atoms with van der Waals surface area (Å²) in [6, 6.07) is 5.80. The number of imidazole rings is 1. The lowest BCUT2D eigenvalue weighted by Gasteiger charge is -2.21. The van der Waals surface area contributed by atoms with Gasteiger partial charge in [0.25, 0.3) is 0 Å². The molecule has 2 aromatic heterocycles. The van der Waals surface area contributed by atoms with Crippen molar-refractivity contribution in [1.82, 2.24) is 19.5 Å². The summed E-state index contributed by atoms with van der Waals surface area (Å²) in [4.78, 5) is 24.5. The fourth-order valence-electron chi connectivity index (χ4n) is 2.95. The Hall–Kier alpha value is -2.97. The topological polar surface area (TPSA) is 69.9 Å². The van der Waals surface area contributed by atoms with E-state index in [-0.39, 0.29) is 22.9 Å². The number of hydrogen-bond acceptors (Lipinski definition) is 5. The van der Waals surface area contributed by atoms with E-state index in [1.54, 1.807) is 17.0 Å². The van der Waals surface area contributed by atoms with E-state index < -0.39 is 18.1 Å². The standard InChI is InChI=1S/C18H17F3N4O2/c1-10(2)25-9-24-15-14(22-8-23-16(15)25)12-7-5-4-6-11(12)13(17(26)27-3)18(19,20)21/h4-10,13H,1-3H3. The molecule has 0 radical (unpaired) electrons. The Labute approximate surface area is 153 Å². The average molecular weight is 378 g/mol. The van der Waals surface area contributed by atoms with Crippen molar-refractivity contribution >= 4 is 17.1 Å². The van der Waals surface area contributed by atoms with Crippen molar-refractivity contribution < 1.29 is 22.7 Å². The van der Waals surface area contributed by atoms with Crippen LogP contribution in [0.15, 0.2) is 36.9 Å². The molecule has 1 aromatic carbocycles. The van der Waals surface area contributed by atoms with Gasteiger partial charge in [-0.2, -0.15) is 13.2 Å². The van der Waals surface area contributed by atoms with Crippen LogP contribution in [0.5, 0.6) is 0 Å². The number of aromatic nitrogens is 4. The van der Waals surface area contributed by atoms with Crippen molar-refractivity contribution in [3.05, 3.63) is 42.5 Å². The second kappa shape index (κ2) is 6.98. The fraction of sp³-hybridized carbons (Fsp3) is 0.333. The zero-order valence-electron chi connectivity index (χ0n) is 14.9. The second-order valence-electron chi connectivity index (χ2n) is 6.23. The minimum atomic E-state index is -4.81. The summed E-state index contributed by atoms with van der Waals surface area (Å²) < 4.78 is 47.0. The van der Waals surface area contributed by atoms with Gasteiger partial charge in [0.2, 0.25) is 0 Å². The molecule has 3 rings (SSSR count). The van der Waals surface area contributed by atoms with Crippen LogP contribution < -0.4 is 0 Å². The summed E-state index contributed by atoms with van der Waals surface area (Å²) in [5.41, 5.74) is 1.02. The number of carbonyl (C=O) groups is 1. The molecule has 2 heterocycles. The molecular weight excluding hydrogens is 361 g/mol. The van der Waals surface area contributed by atoms with Gasteiger partial charge in [-0.15, -0.1) is 0 Å². The Morgan fingerprint density at radius 1 is 1.15 bits per heavy atom. The molecule has 1 atom stereocenters. The molecule has 0 aliphatic carbocycles. The Morgan fingerprint density at radius 2 is 1.85 bits per heavy atom. The maximum atomic E-state index is 13.6. The van der Waals surface area contributed by atoms with Crippen LogP contribution in [0.3, 0.4) is 0 Å². The van der Waals surface area contributed by atoms with Crippen molar-refractivity contribution in [1.29, 1.82) is 0 Å². The number of esters is 1. The molecule has 0 spiro atoms. The highest BCUT2D eigenvalue weighted by atomic mass is 19.4. The number of benzene rings is 1. The van der Waals surface area contributed by atoms with Crippen LogP contribution >= 0.6 is 0 Å². The van der Waals surface area contributed by atoms with Gasteiger partial charge in [-0.1, -0.05) is 24.3 Å². The van der Waals surface area contributed by atoms with Gasteiger partial charge >= 0.3 is 12.1 Å². The first kappa shape index (κ1) is 18.8. The maximum absolute atomic E-state index is 13.6. The first-order valence-corrected chi connectivity index (χ1v) is 8.17. The van der Waals surface area contributed by atoms with E-state index in [2.05, 4.69) is 19.7 Å². The summed E-state index contributed by atoms with van der Waals surface area (Å²) in [7, 11) is 0.927. The number of fused-ring (bicyclic) bond motifs is 1. The van der Waals surface area contributed by atoms with Crippen LogP contribution in [0.1, 0.15) is 31.4 Å². The summed E-state index contributed by atoms with van der Waals surface area (Å²) in [6.45, 7) is 3.88. The first-order chi connectivity index (χ1) is 12.8. The third kappa shape index (κ3) is 3.36. The summed E-state index contributed by atoms with van der Waals surface area (Å²) in [5, 5.41) is 0. The number of halogens is 3. The first-order valence-electron chi connectivity index (χ1n) is 8.17. The highest BCUT2D eigenvalue weighted by Gasteiger charge is 2.48. The molecule has 0 saturated carbocycles. The normalized spacial score (nSPS) is 13.1. The predicted molar refractivity (Wildman–Crippen MR) is 92.0 cm³/mol. The largest absolute Gasteiger partial charge is 0.468 e. The average Bonchev–Trinajstić information content (AvgIpc) is 3.05. The summed E-state index contributed by atoms with van der Waals surface area (Å²) in [5.74, 6) is -3.80. The van der Waals surface area contributed by atoms with Crippen LogP contribution in [-0.4, -0.2) is 38.8 Å². The van der Waals surface area contributed by atoms with Gasteiger partial charge in [0.1, 0.15) is 17.5 Å². The number of methoxy groups -OCH3 is 1. The van der Waals surface area contributed by atoms with Crippen molar-refractivity contribution in [2.45, 2.75) is 32.0 Å². The molecular formula is C18H17F3N4O2. The Morgan fingerprint density at radius 3 is 2.48 bits per heavy atom. The van der Waals surface area contributed by atoms with Gasteiger partial charge < -0.3 is 9.30 Å². The third-order valence-electron chi connectivity index (χ3n) is 4.21. The number of alkyl halides is 3. The van der Waals surface area contributed by atoms with Crippen molar-refractivity contribution in [2.24, 2.45) is 0 Å². The molecule has 1 unspecified atom stereocenters. The minimum Gasteiger partial charge on any atom is -0.468 e. The lowest BCUT2D eigenvalue weighted by Crippen LogP contribution is -2.30. The number of ether oxygens (including phenoxy) is 1. The molecule has 6 nitrogen and oxygen atoms in total. The van der Waals surface area contributed by atoms with Crippen LogP contribution in [0.2, 0.25) is 0 Å². The van der Waals surface area contributed by atoms with E-state index in [0.29, 0.717) is 11.2 Å². The van der Waals surface area contributed by atoms with E-state index >= 15 is 0 Å². The van der Waals surface area contributed by atoms with Crippen molar-refractivity contribution in [3.8, 4) is 11.3 Å². The molecule has 9 heteroatoms. The molecule has 3 aromatic rings. The maximum Gasteiger partial charge on any atom is 0.406 e. The number of rotatable bonds is 4. The number of carbonyl (C=O) groups excluding carboxylic acids is 1. The Bertz CT molecular complexity index is 982. The Kier molecular flexibility index (Phi) is 4.86. The molecule has 0 bridgehead atoms. The molecule has 0 aliphatic rings. The van der Waals surface area contributed by atoms with E-state index in [1.807, 2.05) is 13.8 Å². The van der Waals surface area contributed by atoms with Gasteiger partial charge in [0.05, 0.1) is 13.4 Å². The third-order valence-corrected chi connectivity index (χ3v) is 4.21. The van der Waals surface area contributed by atoms with Gasteiger partial charge in [0.15, 0.2) is 11.6 Å². The zero-order valence-corrected chi connectivity index (χ0v) is 14.9. The lowest BCUT2D eigenvalue weighted by atomic mass is 9.91. The molecule has 0 amide bonds. The van der Waals surface area contributed by atoms with Gasteiger partial charge in [0, 0.05) is 11.6 Å². The van der Waals surface area contributed by atoms with E-state index in [4.69, 9.17) is 0 Å². The van der Waals surface area contributed by atoms with Crippen molar-refractivity contribution in [2.75, 3.05) is 7.11 Å². The Balaban J connectivity index is 2.26. The molecule has 27 heavy (non-hydrogen) atoms. The predicted octanol–water partition coefficient (Wildman–Crippen LogP) is 3.89. The summed E-state index contributed by atoms with van der Waals surface area (Å²) >= 11 is 0. The van der Waals surface area contributed by atoms with Crippen LogP contribution in [0.4, 0.5) is 13.2 Å². The molecule has 0 N–H and O–H groups in total. The van der Waals surface area contributed by atoms with Crippen molar-refractivity contribution in [3.63, 3.8) is 0 Å². The molecule has 0 aliphatic heterocycles. The SMILES string of the molecule is COC(=O)C(c1ccccc1-c1ncnc2c1ncn2C(C)C)C(F)(F)F. The van der Waals surface area contributed by atoms with E-state index in [1.165, 1.54) is 24.5 Å². The minimum absolute atomic E-state index is 0.0611.